The van der Waals surface area contributed by atoms with Crippen LogP contribution in [0.15, 0.2) is 17.2 Å². The van der Waals surface area contributed by atoms with Crippen molar-refractivity contribution < 1.29 is 0 Å². The summed E-state index contributed by atoms with van der Waals surface area (Å²) in [5.41, 5.74) is 9.44. The predicted molar refractivity (Wildman–Crippen MR) is 82.4 cm³/mol. The molecule has 102 valence electrons. The first-order valence-electron chi connectivity index (χ1n) is 4.73. The van der Waals surface area contributed by atoms with E-state index in [-0.39, 0.29) is 24.8 Å². The van der Waals surface area contributed by atoms with Crippen LogP contribution in [0.1, 0.15) is 0 Å². The Balaban J connectivity index is 0.00000144. The van der Waals surface area contributed by atoms with Crippen LogP contribution >= 0.6 is 48.0 Å². The normalized spacial score (nSPS) is 12.7. The summed E-state index contributed by atoms with van der Waals surface area (Å²) in [6.07, 6.45) is 0. The van der Waals surface area contributed by atoms with Gasteiger partial charge in [-0.3, -0.25) is 5.43 Å². The molecule has 9 heteroatoms. The van der Waals surface area contributed by atoms with E-state index in [2.05, 4.69) is 21.2 Å². The summed E-state index contributed by atoms with van der Waals surface area (Å²) >= 11 is 12.0. The fourth-order valence-electron chi connectivity index (χ4n) is 1.31. The van der Waals surface area contributed by atoms with Crippen LogP contribution in [0.5, 0.6) is 0 Å². The lowest BCUT2D eigenvalue weighted by atomic mass is 10.3. The number of benzene rings is 1. The van der Waals surface area contributed by atoms with Crippen molar-refractivity contribution in [1.82, 2.24) is 10.6 Å². The van der Waals surface area contributed by atoms with Crippen LogP contribution in [-0.4, -0.2) is 19.0 Å². The van der Waals surface area contributed by atoms with Gasteiger partial charge in [0.15, 0.2) is 0 Å². The van der Waals surface area contributed by atoms with Gasteiger partial charge in [-0.15, -0.1) is 29.9 Å². The minimum Gasteiger partial charge on any atom is -0.399 e. The van der Waals surface area contributed by atoms with Crippen molar-refractivity contribution >= 4 is 65.4 Å². The average Bonchev–Trinajstić information content (AvgIpc) is 2.68. The predicted octanol–water partition coefficient (Wildman–Crippen LogP) is 2.29. The lowest BCUT2D eigenvalue weighted by Gasteiger charge is -2.08. The maximum atomic E-state index is 5.98. The van der Waals surface area contributed by atoms with Gasteiger partial charge in [0.05, 0.1) is 15.7 Å². The van der Waals surface area contributed by atoms with Gasteiger partial charge in [-0.1, -0.05) is 23.2 Å². The summed E-state index contributed by atoms with van der Waals surface area (Å²) < 4.78 is 0. The molecule has 1 aliphatic rings. The topological polar surface area (TPSA) is 74.5 Å². The number of halogens is 4. The van der Waals surface area contributed by atoms with Crippen LogP contribution in [0.3, 0.4) is 0 Å². The highest BCUT2D eigenvalue weighted by atomic mass is 35.5. The number of nitrogens with two attached hydrogens (primary N) is 1. The Morgan fingerprint density at radius 3 is 2.11 bits per heavy atom. The van der Waals surface area contributed by atoms with Crippen molar-refractivity contribution in [3.05, 3.63) is 22.2 Å². The molecule has 0 amide bonds. The molecule has 2 rings (SSSR count). The molecule has 0 aliphatic carbocycles. The standard InChI is InChI=1S/C9H11Cl2N5.2ClH/c10-6-3-5(12)4-7(11)8(6)15-16-9-13-1-2-14-9;;/h3-4,15H,1-2,12H2,(H2,13,14,16);2*1H. The van der Waals surface area contributed by atoms with E-state index in [1.165, 1.54) is 0 Å². The number of anilines is 2. The van der Waals surface area contributed by atoms with E-state index in [4.69, 9.17) is 28.9 Å². The average molecular weight is 333 g/mol. The molecular formula is C9H13Cl4N5. The zero-order chi connectivity index (χ0) is 11.5. The maximum absolute atomic E-state index is 5.98. The number of hydrogen-bond acceptors (Lipinski definition) is 3. The molecule has 0 spiro atoms. The number of hydrazone groups is 1. The maximum Gasteiger partial charge on any atom is 0.214 e. The van der Waals surface area contributed by atoms with Gasteiger partial charge >= 0.3 is 0 Å². The Morgan fingerprint density at radius 2 is 1.61 bits per heavy atom. The Kier molecular flexibility index (Phi) is 7.32. The Bertz CT molecular complexity index is 406. The Labute approximate surface area is 127 Å². The molecule has 18 heavy (non-hydrogen) atoms. The highest BCUT2D eigenvalue weighted by molar-refractivity contribution is 6.39. The first kappa shape index (κ1) is 17.2. The summed E-state index contributed by atoms with van der Waals surface area (Å²) in [5, 5.41) is 11.0. The molecule has 1 fully saturated rings. The van der Waals surface area contributed by atoms with Crippen molar-refractivity contribution in [2.45, 2.75) is 0 Å². The second-order valence-corrected chi connectivity index (χ2v) is 4.10. The van der Waals surface area contributed by atoms with E-state index in [0.29, 0.717) is 27.4 Å². The minimum atomic E-state index is 0. The minimum absolute atomic E-state index is 0. The highest BCUT2D eigenvalue weighted by Crippen LogP contribution is 2.32. The Morgan fingerprint density at radius 1 is 1.11 bits per heavy atom. The van der Waals surface area contributed by atoms with E-state index >= 15 is 0 Å². The summed E-state index contributed by atoms with van der Waals surface area (Å²) in [6.45, 7) is 1.70. The van der Waals surface area contributed by atoms with Crippen molar-refractivity contribution in [3.63, 3.8) is 0 Å². The molecule has 0 radical (unpaired) electrons. The second-order valence-electron chi connectivity index (χ2n) is 3.29. The number of nitrogens with one attached hydrogen (secondary N) is 3. The monoisotopic (exact) mass is 331 g/mol. The van der Waals surface area contributed by atoms with Crippen LogP contribution < -0.4 is 21.8 Å². The molecule has 0 atom stereocenters. The number of nitrogen functional groups attached to an aromatic ring is 1. The van der Waals surface area contributed by atoms with Crippen molar-refractivity contribution in [3.8, 4) is 0 Å². The van der Waals surface area contributed by atoms with E-state index in [9.17, 15) is 0 Å². The van der Waals surface area contributed by atoms with Crippen LogP contribution in [0.4, 0.5) is 11.4 Å². The van der Waals surface area contributed by atoms with Crippen molar-refractivity contribution in [2.75, 3.05) is 24.2 Å². The molecule has 0 bridgehead atoms. The zero-order valence-corrected chi connectivity index (χ0v) is 12.3. The van der Waals surface area contributed by atoms with E-state index in [1.54, 1.807) is 12.1 Å². The second kappa shape index (κ2) is 7.63. The van der Waals surface area contributed by atoms with Crippen molar-refractivity contribution in [1.29, 1.82) is 0 Å². The fraction of sp³-hybridized carbons (Fsp3) is 0.222. The first-order chi connectivity index (χ1) is 7.66. The van der Waals surface area contributed by atoms with Gasteiger partial charge in [0.25, 0.3) is 0 Å². The number of rotatable bonds is 2. The van der Waals surface area contributed by atoms with Crippen LogP contribution in [-0.2, 0) is 0 Å². The van der Waals surface area contributed by atoms with E-state index < -0.39 is 0 Å². The lowest BCUT2D eigenvalue weighted by molar-refractivity contribution is 0.942. The van der Waals surface area contributed by atoms with Crippen LogP contribution in [0, 0.1) is 0 Å². The smallest absolute Gasteiger partial charge is 0.214 e. The van der Waals surface area contributed by atoms with Crippen LogP contribution in [0.25, 0.3) is 0 Å². The number of nitrogens with zero attached hydrogens (tertiary/aromatic N) is 1. The van der Waals surface area contributed by atoms with Gasteiger partial charge in [0.2, 0.25) is 5.96 Å². The van der Waals surface area contributed by atoms with Crippen LogP contribution in [0.2, 0.25) is 10.0 Å². The van der Waals surface area contributed by atoms with Gasteiger partial charge in [-0.05, 0) is 12.1 Å². The largest absolute Gasteiger partial charge is 0.399 e. The summed E-state index contributed by atoms with van der Waals surface area (Å²) in [5.74, 6) is 0.670. The summed E-state index contributed by atoms with van der Waals surface area (Å²) in [7, 11) is 0. The molecule has 0 aromatic heterocycles. The molecular weight excluding hydrogens is 320 g/mol. The van der Waals surface area contributed by atoms with E-state index in [0.717, 1.165) is 13.1 Å². The van der Waals surface area contributed by atoms with Crippen molar-refractivity contribution in [2.24, 2.45) is 5.10 Å². The molecule has 5 nitrogen and oxygen atoms in total. The molecule has 1 aromatic carbocycles. The highest BCUT2D eigenvalue weighted by Gasteiger charge is 2.08. The lowest BCUT2D eigenvalue weighted by Crippen LogP contribution is -2.24. The van der Waals surface area contributed by atoms with Gasteiger partial charge < -0.3 is 16.4 Å². The third-order valence-corrected chi connectivity index (χ3v) is 2.65. The Hall–Kier alpha value is -0.750. The molecule has 1 saturated heterocycles. The van der Waals surface area contributed by atoms with Gasteiger partial charge in [-0.25, -0.2) is 0 Å². The van der Waals surface area contributed by atoms with E-state index in [1.807, 2.05) is 0 Å². The molecule has 5 N–H and O–H groups in total. The molecule has 1 aliphatic heterocycles. The summed E-state index contributed by atoms with van der Waals surface area (Å²) in [6, 6.07) is 3.23. The summed E-state index contributed by atoms with van der Waals surface area (Å²) in [4.78, 5) is 0. The van der Waals surface area contributed by atoms with Gasteiger partial charge in [-0.2, -0.15) is 0 Å². The number of guanidine groups is 1. The molecule has 0 unspecified atom stereocenters. The van der Waals surface area contributed by atoms with Gasteiger partial charge in [0, 0.05) is 18.8 Å². The zero-order valence-electron chi connectivity index (χ0n) is 9.17. The third kappa shape index (κ3) is 4.17. The molecule has 1 heterocycles. The molecule has 1 aromatic rings. The quantitative estimate of drug-likeness (QED) is 0.495. The third-order valence-electron chi connectivity index (χ3n) is 2.05. The first-order valence-corrected chi connectivity index (χ1v) is 5.48. The SMILES string of the molecule is Cl.Cl.Nc1cc(Cl)c(NN=C2NCCN2)c(Cl)c1. The van der Waals surface area contributed by atoms with Gasteiger partial charge in [0.1, 0.15) is 0 Å². The number of hydrogen-bond donors (Lipinski definition) is 4. The fourth-order valence-corrected chi connectivity index (χ4v) is 1.90. The molecule has 0 saturated carbocycles.